The highest BCUT2D eigenvalue weighted by atomic mass is 16.2. The molecule has 0 unspecified atom stereocenters. The molecule has 0 aliphatic heterocycles. The van der Waals surface area contributed by atoms with Gasteiger partial charge in [0.25, 0.3) is 5.91 Å². The number of hydrogen-bond acceptors (Lipinski definition) is 4. The molecule has 0 bridgehead atoms. The molecule has 2 aromatic heterocycles. The summed E-state index contributed by atoms with van der Waals surface area (Å²) in [7, 11) is 1.72. The van der Waals surface area contributed by atoms with Crippen molar-refractivity contribution < 1.29 is 4.79 Å². The van der Waals surface area contributed by atoms with Crippen LogP contribution in [0.5, 0.6) is 0 Å². The molecule has 0 fully saturated rings. The number of benzene rings is 2. The van der Waals surface area contributed by atoms with Gasteiger partial charge in [-0.2, -0.15) is 0 Å². The zero-order valence-electron chi connectivity index (χ0n) is 15.4. The topological polar surface area (TPSA) is 63.9 Å². The number of para-hydroxylation sites is 1. The van der Waals surface area contributed by atoms with E-state index in [1.165, 1.54) is 0 Å². The minimum absolute atomic E-state index is 0.154. The van der Waals surface area contributed by atoms with Crippen LogP contribution in [0.25, 0.3) is 17.1 Å². The summed E-state index contributed by atoms with van der Waals surface area (Å²) < 4.78 is 1.71. The summed E-state index contributed by atoms with van der Waals surface area (Å²) in [5.74, 6) is 0.528. The lowest BCUT2D eigenvalue weighted by Crippen LogP contribution is -2.27. The molecule has 2 heterocycles. The van der Waals surface area contributed by atoms with Crippen molar-refractivity contribution in [2.45, 2.75) is 6.54 Å². The van der Waals surface area contributed by atoms with E-state index >= 15 is 0 Å². The van der Waals surface area contributed by atoms with Crippen molar-refractivity contribution in [2.75, 3.05) is 7.05 Å². The number of carbonyl (C=O) groups excluding carboxylic acids is 1. The highest BCUT2D eigenvalue weighted by Crippen LogP contribution is 2.21. The van der Waals surface area contributed by atoms with Crippen molar-refractivity contribution in [2.24, 2.45) is 0 Å². The minimum Gasteiger partial charge on any atom is -0.333 e. The number of rotatable bonds is 5. The maximum absolute atomic E-state index is 12.9. The van der Waals surface area contributed by atoms with Gasteiger partial charge in [-0.25, -0.2) is 9.67 Å². The molecule has 0 saturated carbocycles. The monoisotopic (exact) mass is 369 g/mol. The lowest BCUT2D eigenvalue weighted by molar-refractivity contribution is 0.0771. The van der Waals surface area contributed by atoms with Crippen molar-refractivity contribution in [1.82, 2.24) is 24.6 Å². The normalized spacial score (nSPS) is 10.6. The third-order valence-electron chi connectivity index (χ3n) is 4.30. The first-order valence-corrected chi connectivity index (χ1v) is 8.95. The van der Waals surface area contributed by atoms with Gasteiger partial charge >= 0.3 is 0 Å². The fourth-order valence-corrected chi connectivity index (χ4v) is 2.90. The van der Waals surface area contributed by atoms with Gasteiger partial charge < -0.3 is 4.90 Å². The second-order valence-corrected chi connectivity index (χ2v) is 6.35. The Labute approximate surface area is 163 Å². The molecule has 28 heavy (non-hydrogen) atoms. The molecule has 0 saturated heterocycles. The highest BCUT2D eigenvalue weighted by molar-refractivity contribution is 5.90. The Balaban J connectivity index is 1.70. The van der Waals surface area contributed by atoms with Gasteiger partial charge in [-0.05, 0) is 24.3 Å². The smallest absolute Gasteiger partial charge is 0.293 e. The van der Waals surface area contributed by atoms with Gasteiger partial charge in [-0.15, -0.1) is 5.10 Å². The first-order valence-electron chi connectivity index (χ1n) is 8.95. The van der Waals surface area contributed by atoms with Crippen LogP contribution in [0.4, 0.5) is 0 Å². The fraction of sp³-hybridized carbons (Fsp3) is 0.0909. The number of hydrogen-bond donors (Lipinski definition) is 0. The van der Waals surface area contributed by atoms with Crippen molar-refractivity contribution in [3.63, 3.8) is 0 Å². The van der Waals surface area contributed by atoms with E-state index in [2.05, 4.69) is 15.1 Å². The zero-order valence-corrected chi connectivity index (χ0v) is 15.4. The summed E-state index contributed by atoms with van der Waals surface area (Å²) in [5.41, 5.74) is 2.55. The average molecular weight is 369 g/mol. The van der Waals surface area contributed by atoms with Crippen LogP contribution < -0.4 is 0 Å². The Morgan fingerprint density at radius 1 is 0.929 bits per heavy atom. The van der Waals surface area contributed by atoms with Crippen LogP contribution in [0.15, 0.2) is 85.1 Å². The molecule has 138 valence electrons. The van der Waals surface area contributed by atoms with Crippen molar-refractivity contribution in [3.8, 4) is 17.1 Å². The van der Waals surface area contributed by atoms with Crippen LogP contribution in [-0.2, 0) is 6.54 Å². The standard InChI is InChI=1S/C22H19N5O/c1-26(16-18-12-8-9-15-23-18)22(28)20-24-21(17-10-4-2-5-11-17)27(25-20)19-13-6-3-7-14-19/h2-15H,16H2,1H3. The van der Waals surface area contributed by atoms with Crippen molar-refractivity contribution in [1.29, 1.82) is 0 Å². The number of pyridine rings is 1. The van der Waals surface area contributed by atoms with Crippen molar-refractivity contribution in [3.05, 3.63) is 96.6 Å². The Morgan fingerprint density at radius 3 is 2.29 bits per heavy atom. The van der Waals surface area contributed by atoms with E-state index in [9.17, 15) is 4.79 Å². The van der Waals surface area contributed by atoms with Crippen LogP contribution in [0.2, 0.25) is 0 Å². The largest absolute Gasteiger partial charge is 0.333 e. The number of amides is 1. The molecule has 4 aromatic rings. The molecule has 0 aliphatic carbocycles. The molecule has 0 atom stereocenters. The molecule has 6 nitrogen and oxygen atoms in total. The van der Waals surface area contributed by atoms with Gasteiger partial charge in [0, 0.05) is 18.8 Å². The Hall–Kier alpha value is -3.80. The molecule has 6 heteroatoms. The molecule has 1 amide bonds. The number of carbonyl (C=O) groups is 1. The Bertz CT molecular complexity index is 1010. The molecular formula is C22H19N5O. The molecule has 4 rings (SSSR count). The van der Waals surface area contributed by atoms with E-state index in [-0.39, 0.29) is 11.7 Å². The molecular weight excluding hydrogens is 350 g/mol. The first-order chi connectivity index (χ1) is 13.7. The molecule has 0 N–H and O–H groups in total. The van der Waals surface area contributed by atoms with E-state index in [0.29, 0.717) is 12.4 Å². The molecule has 0 spiro atoms. The van der Waals surface area contributed by atoms with E-state index in [1.807, 2.05) is 78.9 Å². The lowest BCUT2D eigenvalue weighted by atomic mass is 10.2. The second kappa shape index (κ2) is 7.84. The van der Waals surface area contributed by atoms with E-state index in [0.717, 1.165) is 16.9 Å². The molecule has 0 aliphatic rings. The summed E-state index contributed by atoms with van der Waals surface area (Å²) in [4.78, 5) is 23.3. The maximum atomic E-state index is 12.9. The lowest BCUT2D eigenvalue weighted by Gasteiger charge is -2.14. The number of nitrogens with zero attached hydrogens (tertiary/aromatic N) is 5. The Kier molecular flexibility index (Phi) is 4.93. The SMILES string of the molecule is CN(Cc1ccccn1)C(=O)c1nc(-c2ccccc2)n(-c2ccccc2)n1. The molecule has 2 aromatic carbocycles. The zero-order chi connectivity index (χ0) is 19.3. The third-order valence-corrected chi connectivity index (χ3v) is 4.30. The van der Waals surface area contributed by atoms with E-state index in [4.69, 9.17) is 0 Å². The summed E-state index contributed by atoms with van der Waals surface area (Å²) >= 11 is 0. The third kappa shape index (κ3) is 3.66. The van der Waals surface area contributed by atoms with Gasteiger partial charge in [0.1, 0.15) is 0 Å². The predicted molar refractivity (Wildman–Crippen MR) is 107 cm³/mol. The summed E-state index contributed by atoms with van der Waals surface area (Å²) in [6.45, 7) is 0.389. The van der Waals surface area contributed by atoms with Crippen LogP contribution >= 0.6 is 0 Å². The van der Waals surface area contributed by atoms with Crippen molar-refractivity contribution >= 4 is 5.91 Å². The van der Waals surface area contributed by atoms with Gasteiger partial charge in [0.15, 0.2) is 5.82 Å². The van der Waals surface area contributed by atoms with Gasteiger partial charge in [-0.3, -0.25) is 9.78 Å². The van der Waals surface area contributed by atoms with Crippen LogP contribution in [0, 0.1) is 0 Å². The first kappa shape index (κ1) is 17.6. The summed E-state index contributed by atoms with van der Waals surface area (Å²) in [5, 5.41) is 4.51. The van der Waals surface area contributed by atoms with Crippen LogP contribution in [0.3, 0.4) is 0 Å². The molecule has 0 radical (unpaired) electrons. The highest BCUT2D eigenvalue weighted by Gasteiger charge is 2.21. The second-order valence-electron chi connectivity index (χ2n) is 6.35. The Morgan fingerprint density at radius 2 is 1.61 bits per heavy atom. The van der Waals surface area contributed by atoms with E-state index < -0.39 is 0 Å². The summed E-state index contributed by atoms with van der Waals surface area (Å²) in [6, 6.07) is 25.0. The van der Waals surface area contributed by atoms with Crippen LogP contribution in [-0.4, -0.2) is 37.6 Å². The fourth-order valence-electron chi connectivity index (χ4n) is 2.90. The van der Waals surface area contributed by atoms with Gasteiger partial charge in [0.05, 0.1) is 17.9 Å². The van der Waals surface area contributed by atoms with Gasteiger partial charge in [0.2, 0.25) is 5.82 Å². The summed E-state index contributed by atoms with van der Waals surface area (Å²) in [6.07, 6.45) is 1.71. The van der Waals surface area contributed by atoms with E-state index in [1.54, 1.807) is 22.8 Å². The average Bonchev–Trinajstić information content (AvgIpc) is 3.20. The number of aromatic nitrogens is 4. The van der Waals surface area contributed by atoms with Crippen LogP contribution in [0.1, 0.15) is 16.3 Å². The minimum atomic E-state index is -0.252. The quantitative estimate of drug-likeness (QED) is 0.539. The van der Waals surface area contributed by atoms with Gasteiger partial charge in [-0.1, -0.05) is 54.6 Å². The maximum Gasteiger partial charge on any atom is 0.293 e. The predicted octanol–water partition coefficient (Wildman–Crippen LogP) is 3.60.